The number of aromatic nitrogens is 4. The van der Waals surface area contributed by atoms with Gasteiger partial charge in [0.05, 0.1) is 0 Å². The minimum absolute atomic E-state index is 0.0756. The van der Waals surface area contributed by atoms with Crippen LogP contribution in [0.3, 0.4) is 0 Å². The van der Waals surface area contributed by atoms with Gasteiger partial charge in [0.1, 0.15) is 24.3 Å². The van der Waals surface area contributed by atoms with Gasteiger partial charge in [-0.25, -0.2) is 24.5 Å². The zero-order valence-corrected chi connectivity index (χ0v) is 16.3. The Morgan fingerprint density at radius 3 is 2.72 bits per heavy atom. The Hall–Kier alpha value is -3.69. The van der Waals surface area contributed by atoms with Gasteiger partial charge in [0.15, 0.2) is 17.0 Å². The number of nitrogen functional groups attached to an aromatic ring is 1. The number of hydrogen-bond acceptors (Lipinski definition) is 7. The van der Waals surface area contributed by atoms with Crippen LogP contribution in [0.5, 0.6) is 0 Å². The van der Waals surface area contributed by atoms with Crippen LogP contribution >= 0.6 is 0 Å². The number of alkyl carbamates (subject to hydrolysis) is 1. The second kappa shape index (κ2) is 7.74. The highest BCUT2D eigenvalue weighted by molar-refractivity contribution is 5.82. The van der Waals surface area contributed by atoms with Gasteiger partial charge in [0.2, 0.25) is 0 Å². The maximum absolute atomic E-state index is 12.0. The fourth-order valence-electron chi connectivity index (χ4n) is 2.76. The minimum atomic E-state index is -1.16. The Bertz CT molecular complexity index is 1060. The molecule has 0 unspecified atom stereocenters. The third-order valence-electron chi connectivity index (χ3n) is 3.98. The number of fused-ring (bicyclic) bond motifs is 1. The van der Waals surface area contributed by atoms with Gasteiger partial charge in [-0.15, -0.1) is 0 Å². The molecule has 3 rings (SSSR count). The Morgan fingerprint density at radius 1 is 1.28 bits per heavy atom. The van der Waals surface area contributed by atoms with Crippen LogP contribution < -0.4 is 11.1 Å². The van der Waals surface area contributed by atoms with Gasteiger partial charge in [-0.3, -0.25) is 4.57 Å². The first-order chi connectivity index (χ1) is 13.6. The summed E-state index contributed by atoms with van der Waals surface area (Å²) in [5, 5.41) is 11.9. The van der Waals surface area contributed by atoms with Crippen LogP contribution in [0.25, 0.3) is 16.9 Å². The van der Waals surface area contributed by atoms with Crippen molar-refractivity contribution in [2.45, 2.75) is 38.8 Å². The molecular weight excluding hydrogens is 376 g/mol. The van der Waals surface area contributed by atoms with Crippen molar-refractivity contribution in [1.29, 1.82) is 0 Å². The number of nitrogens with zero attached hydrogens (tertiary/aromatic N) is 4. The number of ether oxygens (including phenoxy) is 1. The summed E-state index contributed by atoms with van der Waals surface area (Å²) in [6.07, 6.45) is 2.22. The molecule has 2 aromatic heterocycles. The first kappa shape index (κ1) is 20.1. The summed E-state index contributed by atoms with van der Waals surface area (Å²) in [5.74, 6) is -0.882. The average Bonchev–Trinajstić information content (AvgIpc) is 3.05. The Balaban J connectivity index is 1.83. The molecule has 0 saturated heterocycles. The summed E-state index contributed by atoms with van der Waals surface area (Å²) < 4.78 is 6.88. The zero-order valence-electron chi connectivity index (χ0n) is 16.3. The number of hydrogen-bond donors (Lipinski definition) is 3. The molecule has 10 heteroatoms. The van der Waals surface area contributed by atoms with E-state index >= 15 is 0 Å². The first-order valence-electron chi connectivity index (χ1n) is 8.89. The fraction of sp³-hybridized carbons (Fsp3) is 0.316. The van der Waals surface area contributed by atoms with Crippen LogP contribution in [0.2, 0.25) is 0 Å². The Labute approximate surface area is 166 Å². The summed E-state index contributed by atoms with van der Waals surface area (Å²) in [6.45, 7) is 5.12. The number of nitrogens with two attached hydrogens (primary N) is 1. The molecule has 10 nitrogen and oxygen atoms in total. The number of amides is 1. The molecule has 2 heterocycles. The number of carbonyl (C=O) groups is 2. The highest BCUT2D eigenvalue weighted by atomic mass is 16.6. The monoisotopic (exact) mass is 398 g/mol. The third-order valence-corrected chi connectivity index (χ3v) is 3.98. The van der Waals surface area contributed by atoms with E-state index < -0.39 is 23.7 Å². The molecule has 0 saturated carbocycles. The van der Waals surface area contributed by atoms with Crippen molar-refractivity contribution in [2.75, 3.05) is 5.73 Å². The van der Waals surface area contributed by atoms with Gasteiger partial charge in [-0.1, -0.05) is 12.1 Å². The van der Waals surface area contributed by atoms with Gasteiger partial charge in [-0.05, 0) is 38.5 Å². The van der Waals surface area contributed by atoms with Crippen molar-refractivity contribution in [2.24, 2.45) is 0 Å². The van der Waals surface area contributed by atoms with E-state index in [0.29, 0.717) is 16.7 Å². The molecule has 1 aromatic carbocycles. The number of aliphatic carboxylic acids is 1. The number of nitrogens with one attached hydrogen (secondary N) is 1. The number of benzene rings is 1. The molecule has 1 amide bonds. The maximum Gasteiger partial charge on any atom is 0.408 e. The molecule has 0 aliphatic heterocycles. The van der Waals surface area contributed by atoms with Crippen molar-refractivity contribution in [1.82, 2.24) is 24.8 Å². The van der Waals surface area contributed by atoms with E-state index in [1.54, 1.807) is 49.9 Å². The molecule has 3 aromatic rings. The topological polar surface area (TPSA) is 145 Å². The molecule has 0 spiro atoms. The number of carboxylic acid groups (broad SMARTS) is 1. The lowest BCUT2D eigenvalue weighted by Crippen LogP contribution is -2.44. The molecule has 0 fully saturated rings. The predicted molar refractivity (Wildman–Crippen MR) is 106 cm³/mol. The standard InChI is InChI=1S/C19H22N6O4/c1-19(2,3)29-18(28)24-13(17(26)27)8-11-5-4-6-12(7-11)25-10-23-14-15(20)21-9-22-16(14)25/h4-7,9-10,13H,8H2,1-3H3,(H,24,28)(H,26,27)(H2,20,21,22)/t13-/m0/s1. The molecule has 29 heavy (non-hydrogen) atoms. The molecule has 0 aliphatic carbocycles. The number of carbonyl (C=O) groups excluding carboxylic acids is 1. The van der Waals surface area contributed by atoms with E-state index in [1.165, 1.54) is 6.33 Å². The van der Waals surface area contributed by atoms with E-state index in [1.807, 2.05) is 6.07 Å². The molecule has 152 valence electrons. The second-order valence-electron chi connectivity index (χ2n) is 7.46. The molecule has 0 bridgehead atoms. The van der Waals surface area contributed by atoms with Gasteiger partial charge in [0.25, 0.3) is 0 Å². The SMILES string of the molecule is CC(C)(C)OC(=O)N[C@@H](Cc1cccc(-n2cnc3c(N)ncnc32)c1)C(=O)O. The van der Waals surface area contributed by atoms with Crippen molar-refractivity contribution in [3.05, 3.63) is 42.5 Å². The average molecular weight is 398 g/mol. The summed E-state index contributed by atoms with van der Waals surface area (Å²) in [6, 6.07) is 6.05. The highest BCUT2D eigenvalue weighted by Crippen LogP contribution is 2.20. The van der Waals surface area contributed by atoms with Crippen molar-refractivity contribution < 1.29 is 19.4 Å². The summed E-state index contributed by atoms with van der Waals surface area (Å²) >= 11 is 0. The number of carboxylic acids is 1. The third kappa shape index (κ3) is 4.78. The summed E-state index contributed by atoms with van der Waals surface area (Å²) in [7, 11) is 0. The van der Waals surface area contributed by atoms with Crippen LogP contribution in [0, 0.1) is 0 Å². The largest absolute Gasteiger partial charge is 0.480 e. The van der Waals surface area contributed by atoms with Gasteiger partial charge >= 0.3 is 12.1 Å². The minimum Gasteiger partial charge on any atom is -0.480 e. The zero-order chi connectivity index (χ0) is 21.2. The summed E-state index contributed by atoms with van der Waals surface area (Å²) in [4.78, 5) is 35.9. The molecule has 0 radical (unpaired) electrons. The van der Waals surface area contributed by atoms with Gasteiger partial charge in [0, 0.05) is 12.1 Å². The molecule has 4 N–H and O–H groups in total. The molecule has 0 aliphatic rings. The summed E-state index contributed by atoms with van der Waals surface area (Å²) in [5.41, 5.74) is 7.55. The fourth-order valence-corrected chi connectivity index (χ4v) is 2.76. The number of rotatable bonds is 5. The lowest BCUT2D eigenvalue weighted by molar-refractivity contribution is -0.139. The first-order valence-corrected chi connectivity index (χ1v) is 8.89. The highest BCUT2D eigenvalue weighted by Gasteiger charge is 2.24. The lowest BCUT2D eigenvalue weighted by atomic mass is 10.1. The molecular formula is C19H22N6O4. The number of anilines is 1. The van der Waals surface area contributed by atoms with Crippen LogP contribution in [0.15, 0.2) is 36.9 Å². The second-order valence-corrected chi connectivity index (χ2v) is 7.46. The number of imidazole rings is 1. The lowest BCUT2D eigenvalue weighted by Gasteiger charge is -2.22. The van der Waals surface area contributed by atoms with E-state index in [2.05, 4.69) is 20.3 Å². The van der Waals surface area contributed by atoms with E-state index in [9.17, 15) is 14.7 Å². The van der Waals surface area contributed by atoms with E-state index in [4.69, 9.17) is 10.5 Å². The van der Waals surface area contributed by atoms with E-state index in [0.717, 1.165) is 5.69 Å². The van der Waals surface area contributed by atoms with Crippen LogP contribution in [0.4, 0.5) is 10.6 Å². The van der Waals surface area contributed by atoms with Gasteiger partial charge < -0.3 is 20.9 Å². The van der Waals surface area contributed by atoms with Crippen LogP contribution in [0.1, 0.15) is 26.3 Å². The maximum atomic E-state index is 12.0. The normalized spacial score (nSPS) is 12.5. The van der Waals surface area contributed by atoms with Crippen LogP contribution in [-0.2, 0) is 16.0 Å². The Morgan fingerprint density at radius 2 is 2.03 bits per heavy atom. The van der Waals surface area contributed by atoms with Crippen molar-refractivity contribution >= 4 is 29.0 Å². The predicted octanol–water partition coefficient (Wildman–Crippen LogP) is 1.92. The van der Waals surface area contributed by atoms with Crippen LogP contribution in [-0.4, -0.2) is 48.3 Å². The van der Waals surface area contributed by atoms with Gasteiger partial charge in [-0.2, -0.15) is 0 Å². The van der Waals surface area contributed by atoms with Crippen molar-refractivity contribution in [3.8, 4) is 5.69 Å². The smallest absolute Gasteiger partial charge is 0.408 e. The van der Waals surface area contributed by atoms with Crippen molar-refractivity contribution in [3.63, 3.8) is 0 Å². The van der Waals surface area contributed by atoms with E-state index in [-0.39, 0.29) is 12.2 Å². The quantitative estimate of drug-likeness (QED) is 0.591. The Kier molecular flexibility index (Phi) is 5.35. The molecule has 1 atom stereocenters.